The molecule has 0 bridgehead atoms. The normalized spacial score (nSPS) is 25.1. The second-order valence-corrected chi connectivity index (χ2v) is 6.81. The number of nitrogens with zero attached hydrogens (tertiary/aromatic N) is 3. The van der Waals surface area contributed by atoms with Crippen LogP contribution in [0.15, 0.2) is 48.9 Å². The Hall–Kier alpha value is -2.31. The minimum absolute atomic E-state index is 0.0564. The van der Waals surface area contributed by atoms with E-state index in [0.717, 1.165) is 5.69 Å². The molecule has 2 saturated heterocycles. The van der Waals surface area contributed by atoms with Crippen LogP contribution in [0.2, 0.25) is 0 Å². The Balaban J connectivity index is 1.41. The summed E-state index contributed by atoms with van der Waals surface area (Å²) < 4.78 is 11.7. The molecule has 6 nitrogen and oxygen atoms in total. The Morgan fingerprint density at radius 2 is 2.16 bits per heavy atom. The summed E-state index contributed by atoms with van der Waals surface area (Å²) in [6.45, 7) is 3.77. The number of pyridine rings is 2. The van der Waals surface area contributed by atoms with Gasteiger partial charge >= 0.3 is 0 Å². The molecule has 4 heterocycles. The van der Waals surface area contributed by atoms with Crippen LogP contribution in [0.1, 0.15) is 16.1 Å². The predicted molar refractivity (Wildman–Crippen MR) is 90.8 cm³/mol. The van der Waals surface area contributed by atoms with E-state index in [9.17, 15) is 4.79 Å². The van der Waals surface area contributed by atoms with Crippen LogP contribution in [0.3, 0.4) is 0 Å². The number of likely N-dealkylation sites (tertiary alicyclic amines) is 1. The lowest BCUT2D eigenvalue weighted by Gasteiger charge is -2.26. The SMILES string of the molecule is O=C(c1ccncc1)N1C[C@@H]2COC[C@]2(COCc2ccccn2)C1. The van der Waals surface area contributed by atoms with Crippen LogP contribution in [0.5, 0.6) is 0 Å². The number of rotatable bonds is 5. The third-order valence-corrected chi connectivity index (χ3v) is 5.10. The molecule has 2 fully saturated rings. The van der Waals surface area contributed by atoms with Gasteiger partial charge in [0.1, 0.15) is 0 Å². The smallest absolute Gasteiger partial charge is 0.253 e. The van der Waals surface area contributed by atoms with E-state index >= 15 is 0 Å². The van der Waals surface area contributed by atoms with Crippen LogP contribution >= 0.6 is 0 Å². The Labute approximate surface area is 146 Å². The first-order valence-corrected chi connectivity index (χ1v) is 8.52. The van der Waals surface area contributed by atoms with Crippen molar-refractivity contribution in [3.05, 3.63) is 60.2 Å². The molecule has 0 radical (unpaired) electrons. The molecular formula is C19H21N3O3. The first kappa shape index (κ1) is 16.2. The van der Waals surface area contributed by atoms with Crippen molar-refractivity contribution in [1.82, 2.24) is 14.9 Å². The van der Waals surface area contributed by atoms with Crippen LogP contribution in [0, 0.1) is 11.3 Å². The first-order valence-electron chi connectivity index (χ1n) is 8.52. The highest BCUT2D eigenvalue weighted by atomic mass is 16.5. The Bertz CT molecular complexity index is 725. The average molecular weight is 339 g/mol. The summed E-state index contributed by atoms with van der Waals surface area (Å²) in [5.41, 5.74) is 1.48. The van der Waals surface area contributed by atoms with Crippen LogP contribution < -0.4 is 0 Å². The number of carbonyl (C=O) groups is 1. The van der Waals surface area contributed by atoms with Gasteiger partial charge < -0.3 is 14.4 Å². The van der Waals surface area contributed by atoms with Crippen LogP contribution in [0.4, 0.5) is 0 Å². The third kappa shape index (κ3) is 3.27. The summed E-state index contributed by atoms with van der Waals surface area (Å²) in [6, 6.07) is 9.32. The highest BCUT2D eigenvalue weighted by Crippen LogP contribution is 2.42. The van der Waals surface area contributed by atoms with Gasteiger partial charge in [-0.25, -0.2) is 0 Å². The van der Waals surface area contributed by atoms with Gasteiger partial charge in [-0.15, -0.1) is 0 Å². The molecule has 0 unspecified atom stereocenters. The van der Waals surface area contributed by atoms with Crippen molar-refractivity contribution in [2.75, 3.05) is 32.9 Å². The van der Waals surface area contributed by atoms with Crippen LogP contribution in [-0.2, 0) is 16.1 Å². The lowest BCUT2D eigenvalue weighted by Crippen LogP contribution is -2.37. The van der Waals surface area contributed by atoms with Crippen LogP contribution in [0.25, 0.3) is 0 Å². The van der Waals surface area contributed by atoms with E-state index in [1.165, 1.54) is 0 Å². The maximum Gasteiger partial charge on any atom is 0.253 e. The summed E-state index contributed by atoms with van der Waals surface area (Å²) in [5.74, 6) is 0.378. The van der Waals surface area contributed by atoms with Crippen molar-refractivity contribution in [3.8, 4) is 0 Å². The van der Waals surface area contributed by atoms with E-state index < -0.39 is 0 Å². The molecule has 0 aromatic carbocycles. The zero-order chi connectivity index (χ0) is 17.1. The highest BCUT2D eigenvalue weighted by Gasteiger charge is 2.52. The first-order chi connectivity index (χ1) is 12.3. The monoisotopic (exact) mass is 339 g/mol. The lowest BCUT2D eigenvalue weighted by atomic mass is 9.82. The number of carbonyl (C=O) groups excluding carboxylic acids is 1. The summed E-state index contributed by atoms with van der Waals surface area (Å²) in [6.07, 6.45) is 5.07. The molecule has 130 valence electrons. The van der Waals surface area contributed by atoms with Crippen LogP contribution in [-0.4, -0.2) is 53.7 Å². The molecule has 2 aliphatic rings. The summed E-state index contributed by atoms with van der Waals surface area (Å²) in [4.78, 5) is 22.9. The van der Waals surface area contributed by atoms with E-state index in [-0.39, 0.29) is 11.3 Å². The maximum absolute atomic E-state index is 12.7. The standard InChI is InChI=1S/C19H21N3O3/c23-18(15-4-7-20-8-5-15)22-9-16-10-24-13-19(16,12-22)14-25-11-17-3-1-2-6-21-17/h1-8,16H,9-14H2/t16-,19+/m1/s1. The number of hydrogen-bond donors (Lipinski definition) is 0. The van der Waals surface area contributed by atoms with Gasteiger partial charge in [0.2, 0.25) is 0 Å². The molecule has 2 aliphatic heterocycles. The van der Waals surface area contributed by atoms with Crippen molar-refractivity contribution in [3.63, 3.8) is 0 Å². The van der Waals surface area contributed by atoms with E-state index in [4.69, 9.17) is 9.47 Å². The molecule has 0 aliphatic carbocycles. The van der Waals surface area contributed by atoms with Gasteiger partial charge in [0.05, 0.1) is 32.1 Å². The van der Waals surface area contributed by atoms with Gasteiger partial charge in [-0.3, -0.25) is 14.8 Å². The van der Waals surface area contributed by atoms with Crippen molar-refractivity contribution in [2.45, 2.75) is 6.61 Å². The van der Waals surface area contributed by atoms with Gasteiger partial charge in [0.15, 0.2) is 0 Å². The second-order valence-electron chi connectivity index (χ2n) is 6.81. The average Bonchev–Trinajstić information content (AvgIpc) is 3.20. The molecule has 0 N–H and O–H groups in total. The maximum atomic E-state index is 12.7. The molecule has 4 rings (SSSR count). The van der Waals surface area contributed by atoms with Gasteiger partial charge in [-0.1, -0.05) is 6.07 Å². The van der Waals surface area contributed by atoms with Crippen molar-refractivity contribution in [2.24, 2.45) is 11.3 Å². The summed E-state index contributed by atoms with van der Waals surface area (Å²) >= 11 is 0. The highest BCUT2D eigenvalue weighted by molar-refractivity contribution is 5.94. The number of aromatic nitrogens is 2. The van der Waals surface area contributed by atoms with E-state index in [1.54, 1.807) is 30.7 Å². The van der Waals surface area contributed by atoms with E-state index in [1.807, 2.05) is 23.1 Å². The minimum atomic E-state index is -0.114. The Morgan fingerprint density at radius 1 is 1.28 bits per heavy atom. The third-order valence-electron chi connectivity index (χ3n) is 5.10. The second kappa shape index (κ2) is 6.90. The van der Waals surface area contributed by atoms with E-state index in [0.29, 0.717) is 51.0 Å². The predicted octanol–water partition coefficient (Wildman–Crippen LogP) is 1.78. The quantitative estimate of drug-likeness (QED) is 0.831. The summed E-state index contributed by atoms with van der Waals surface area (Å²) in [7, 11) is 0. The number of amides is 1. The molecule has 6 heteroatoms. The van der Waals surface area contributed by atoms with Gasteiger partial charge in [-0.05, 0) is 24.3 Å². The number of hydrogen-bond acceptors (Lipinski definition) is 5. The molecule has 0 saturated carbocycles. The van der Waals surface area contributed by atoms with Gasteiger partial charge in [-0.2, -0.15) is 0 Å². The van der Waals surface area contributed by atoms with Crippen molar-refractivity contribution >= 4 is 5.91 Å². The molecule has 2 aromatic heterocycles. The molecule has 0 spiro atoms. The zero-order valence-electron chi connectivity index (χ0n) is 14.0. The zero-order valence-corrected chi connectivity index (χ0v) is 14.0. The molecule has 2 aromatic rings. The fourth-order valence-electron chi connectivity index (χ4n) is 3.71. The topological polar surface area (TPSA) is 64.6 Å². The number of ether oxygens (including phenoxy) is 2. The fourth-order valence-corrected chi connectivity index (χ4v) is 3.71. The van der Waals surface area contributed by atoms with Crippen molar-refractivity contribution in [1.29, 1.82) is 0 Å². The minimum Gasteiger partial charge on any atom is -0.380 e. The molecule has 2 atom stereocenters. The number of fused-ring (bicyclic) bond motifs is 1. The molecular weight excluding hydrogens is 318 g/mol. The summed E-state index contributed by atoms with van der Waals surface area (Å²) in [5, 5.41) is 0. The van der Waals surface area contributed by atoms with Gasteiger partial charge in [0.25, 0.3) is 5.91 Å². The Kier molecular flexibility index (Phi) is 4.46. The van der Waals surface area contributed by atoms with Crippen molar-refractivity contribution < 1.29 is 14.3 Å². The molecule has 25 heavy (non-hydrogen) atoms. The van der Waals surface area contributed by atoms with E-state index in [2.05, 4.69) is 9.97 Å². The fraction of sp³-hybridized carbons (Fsp3) is 0.421. The lowest BCUT2D eigenvalue weighted by molar-refractivity contribution is 0.0175. The molecule has 1 amide bonds. The largest absolute Gasteiger partial charge is 0.380 e. The van der Waals surface area contributed by atoms with Gasteiger partial charge in [0, 0.05) is 48.6 Å². The Morgan fingerprint density at radius 3 is 2.96 bits per heavy atom.